The number of esters is 1. The number of para-hydroxylation sites is 1. The minimum atomic E-state index is -0.889. The summed E-state index contributed by atoms with van der Waals surface area (Å²) in [5, 5.41) is 1.72. The molecule has 2 atom stereocenters. The molecule has 0 aliphatic rings. The van der Waals surface area contributed by atoms with Crippen LogP contribution in [0.5, 0.6) is 5.75 Å². The van der Waals surface area contributed by atoms with Gasteiger partial charge in [0.2, 0.25) is 5.91 Å². The molecule has 0 aromatic heterocycles. The third-order valence-corrected chi connectivity index (χ3v) is 3.26. The summed E-state index contributed by atoms with van der Waals surface area (Å²) in [4.78, 5) is 23.7. The largest absolute Gasteiger partial charge is 0.492 e. The number of carbonyl (C=O) groups is 2. The Labute approximate surface area is 135 Å². The highest BCUT2D eigenvalue weighted by atomic mass is 35.5. The van der Waals surface area contributed by atoms with Crippen LogP contribution in [0.2, 0.25) is 0 Å². The van der Waals surface area contributed by atoms with E-state index in [-0.39, 0.29) is 12.5 Å². The van der Waals surface area contributed by atoms with Crippen LogP contribution in [-0.4, -0.2) is 37.0 Å². The van der Waals surface area contributed by atoms with E-state index in [1.165, 1.54) is 7.11 Å². The Morgan fingerprint density at radius 3 is 2.41 bits per heavy atom. The molecule has 0 bridgehead atoms. The van der Waals surface area contributed by atoms with Crippen molar-refractivity contribution in [2.45, 2.75) is 31.7 Å². The summed E-state index contributed by atoms with van der Waals surface area (Å²) in [6.07, 6.45) is 0.488. The molecular formula is C16H22ClNO4. The Balaban J connectivity index is 2.51. The molecule has 1 aromatic rings. The zero-order valence-corrected chi connectivity index (χ0v) is 13.8. The lowest BCUT2D eigenvalue weighted by Crippen LogP contribution is -2.46. The molecule has 0 heterocycles. The summed E-state index contributed by atoms with van der Waals surface area (Å²) in [5.41, 5.74) is 0. The first-order valence-corrected chi connectivity index (χ1v) is 7.57. The first-order valence-electron chi connectivity index (χ1n) is 7.14. The zero-order valence-electron chi connectivity index (χ0n) is 13.0. The van der Waals surface area contributed by atoms with Gasteiger partial charge in [-0.3, -0.25) is 4.79 Å². The van der Waals surface area contributed by atoms with Crippen LogP contribution in [0, 0.1) is 5.92 Å². The third kappa shape index (κ3) is 6.35. The monoisotopic (exact) mass is 327 g/mol. The van der Waals surface area contributed by atoms with Crippen molar-refractivity contribution in [3.63, 3.8) is 0 Å². The maximum Gasteiger partial charge on any atom is 0.328 e. The number of alkyl halides is 1. The molecule has 0 aliphatic carbocycles. The van der Waals surface area contributed by atoms with Gasteiger partial charge in [-0.05, 0) is 24.5 Å². The van der Waals surface area contributed by atoms with Crippen LogP contribution in [0.15, 0.2) is 30.3 Å². The van der Waals surface area contributed by atoms with Crippen molar-refractivity contribution in [1.82, 2.24) is 5.32 Å². The first kappa shape index (κ1) is 18.3. The van der Waals surface area contributed by atoms with Crippen LogP contribution < -0.4 is 10.1 Å². The zero-order chi connectivity index (χ0) is 16.5. The molecule has 5 nitrogen and oxygen atoms in total. The fourth-order valence-corrected chi connectivity index (χ4v) is 1.98. The molecule has 1 unspecified atom stereocenters. The van der Waals surface area contributed by atoms with E-state index in [0.717, 1.165) is 0 Å². The van der Waals surface area contributed by atoms with Crippen molar-refractivity contribution in [3.8, 4) is 5.75 Å². The summed E-state index contributed by atoms with van der Waals surface area (Å²) in [6.45, 7) is 3.94. The Morgan fingerprint density at radius 1 is 1.23 bits per heavy atom. The fraction of sp³-hybridized carbons (Fsp3) is 0.500. The van der Waals surface area contributed by atoms with Gasteiger partial charge < -0.3 is 14.8 Å². The number of halogens is 1. The lowest BCUT2D eigenvalue weighted by atomic mass is 10.0. The standard InChI is InChI=1S/C16H22ClNO4/c1-11(2)9-14(16(20)21-3)18-15(19)13(17)10-22-12-7-5-4-6-8-12/h4-8,11,13-14H,9-10H2,1-3H3,(H,18,19)/t13?,14-/m0/s1. The van der Waals surface area contributed by atoms with E-state index in [1.807, 2.05) is 32.0 Å². The average Bonchev–Trinajstić information content (AvgIpc) is 2.51. The second-order valence-electron chi connectivity index (χ2n) is 5.31. The van der Waals surface area contributed by atoms with E-state index >= 15 is 0 Å². The molecule has 0 saturated heterocycles. The Kier molecular flexibility index (Phi) is 7.74. The highest BCUT2D eigenvalue weighted by Gasteiger charge is 2.26. The lowest BCUT2D eigenvalue weighted by Gasteiger charge is -2.20. The molecule has 0 spiro atoms. The molecule has 1 amide bonds. The predicted octanol–water partition coefficient (Wildman–Crippen LogP) is 2.38. The van der Waals surface area contributed by atoms with E-state index < -0.39 is 23.3 Å². The van der Waals surface area contributed by atoms with Crippen LogP contribution in [0.4, 0.5) is 0 Å². The Bertz CT molecular complexity index is 478. The maximum absolute atomic E-state index is 12.0. The van der Waals surface area contributed by atoms with Crippen molar-refractivity contribution in [3.05, 3.63) is 30.3 Å². The topological polar surface area (TPSA) is 64.6 Å². The molecule has 1 N–H and O–H groups in total. The van der Waals surface area contributed by atoms with Crippen molar-refractivity contribution < 1.29 is 19.1 Å². The molecule has 6 heteroatoms. The lowest BCUT2D eigenvalue weighted by molar-refractivity contribution is -0.145. The van der Waals surface area contributed by atoms with Gasteiger partial charge in [0, 0.05) is 0 Å². The normalized spacial score (nSPS) is 13.3. The molecule has 22 heavy (non-hydrogen) atoms. The van der Waals surface area contributed by atoms with Crippen LogP contribution in [0.3, 0.4) is 0 Å². The van der Waals surface area contributed by atoms with Crippen LogP contribution in [-0.2, 0) is 14.3 Å². The predicted molar refractivity (Wildman–Crippen MR) is 85.0 cm³/mol. The average molecular weight is 328 g/mol. The number of nitrogens with one attached hydrogen (secondary N) is 1. The van der Waals surface area contributed by atoms with E-state index in [0.29, 0.717) is 12.2 Å². The summed E-state index contributed by atoms with van der Waals surface area (Å²) in [5.74, 6) is -0.0602. The van der Waals surface area contributed by atoms with E-state index in [1.54, 1.807) is 12.1 Å². The third-order valence-electron chi connectivity index (χ3n) is 2.93. The number of amides is 1. The van der Waals surface area contributed by atoms with Crippen LogP contribution in [0.25, 0.3) is 0 Å². The number of rotatable bonds is 8. The van der Waals surface area contributed by atoms with Crippen molar-refractivity contribution in [2.24, 2.45) is 5.92 Å². The van der Waals surface area contributed by atoms with Gasteiger partial charge in [-0.1, -0.05) is 32.0 Å². The van der Waals surface area contributed by atoms with Gasteiger partial charge >= 0.3 is 5.97 Å². The summed E-state index contributed by atoms with van der Waals surface area (Å²) in [7, 11) is 1.29. The first-order chi connectivity index (χ1) is 10.4. The Hall–Kier alpha value is -1.75. The molecule has 0 fully saturated rings. The molecular weight excluding hydrogens is 306 g/mol. The van der Waals surface area contributed by atoms with Gasteiger partial charge in [-0.25, -0.2) is 4.79 Å². The number of ether oxygens (including phenoxy) is 2. The number of methoxy groups -OCH3 is 1. The minimum absolute atomic E-state index is 0.0208. The molecule has 122 valence electrons. The van der Waals surface area contributed by atoms with E-state index in [4.69, 9.17) is 21.1 Å². The molecule has 1 aromatic carbocycles. The number of benzene rings is 1. The summed E-state index contributed by atoms with van der Waals surface area (Å²) >= 11 is 6.02. The quantitative estimate of drug-likeness (QED) is 0.588. The summed E-state index contributed by atoms with van der Waals surface area (Å²) in [6, 6.07) is 8.37. The highest BCUT2D eigenvalue weighted by molar-refractivity contribution is 6.31. The number of hydrogen-bond donors (Lipinski definition) is 1. The minimum Gasteiger partial charge on any atom is -0.492 e. The van der Waals surface area contributed by atoms with Gasteiger partial charge in [0.1, 0.15) is 23.8 Å². The highest BCUT2D eigenvalue weighted by Crippen LogP contribution is 2.11. The second-order valence-corrected chi connectivity index (χ2v) is 5.83. The van der Waals surface area contributed by atoms with Crippen molar-refractivity contribution in [2.75, 3.05) is 13.7 Å². The smallest absolute Gasteiger partial charge is 0.328 e. The fourth-order valence-electron chi connectivity index (χ4n) is 1.85. The molecule has 0 saturated carbocycles. The second kappa shape index (κ2) is 9.30. The van der Waals surface area contributed by atoms with Gasteiger partial charge in [0.15, 0.2) is 0 Å². The van der Waals surface area contributed by atoms with Gasteiger partial charge in [0.05, 0.1) is 7.11 Å². The van der Waals surface area contributed by atoms with Gasteiger partial charge in [-0.2, -0.15) is 0 Å². The molecule has 0 aliphatic heterocycles. The van der Waals surface area contributed by atoms with E-state index in [2.05, 4.69) is 5.32 Å². The van der Waals surface area contributed by atoms with Crippen LogP contribution in [0.1, 0.15) is 20.3 Å². The van der Waals surface area contributed by atoms with Crippen molar-refractivity contribution >= 4 is 23.5 Å². The van der Waals surface area contributed by atoms with Crippen molar-refractivity contribution in [1.29, 1.82) is 0 Å². The number of hydrogen-bond acceptors (Lipinski definition) is 4. The maximum atomic E-state index is 12.0. The van der Waals surface area contributed by atoms with Gasteiger partial charge in [0.25, 0.3) is 0 Å². The van der Waals surface area contributed by atoms with Crippen LogP contribution >= 0.6 is 11.6 Å². The molecule has 1 rings (SSSR count). The van der Waals surface area contributed by atoms with E-state index in [9.17, 15) is 9.59 Å². The summed E-state index contributed by atoms with van der Waals surface area (Å²) < 4.78 is 10.1. The van der Waals surface area contributed by atoms with Gasteiger partial charge in [-0.15, -0.1) is 11.6 Å². The SMILES string of the molecule is COC(=O)[C@H](CC(C)C)NC(=O)C(Cl)COc1ccccc1. The number of carbonyl (C=O) groups excluding carboxylic acids is 2. The Morgan fingerprint density at radius 2 is 1.86 bits per heavy atom. The molecule has 0 radical (unpaired) electrons.